The molecule has 0 radical (unpaired) electrons. The zero-order chi connectivity index (χ0) is 14.3. The van der Waals surface area contributed by atoms with E-state index < -0.39 is 0 Å². The molecule has 1 amide bonds. The summed E-state index contributed by atoms with van der Waals surface area (Å²) >= 11 is 1.53. The van der Waals surface area contributed by atoms with E-state index in [0.717, 1.165) is 5.56 Å². The predicted octanol–water partition coefficient (Wildman–Crippen LogP) is 1.60. The summed E-state index contributed by atoms with van der Waals surface area (Å²) < 4.78 is 5.42. The van der Waals surface area contributed by atoms with Crippen molar-refractivity contribution in [3.05, 3.63) is 29.8 Å². The molecule has 0 fully saturated rings. The van der Waals surface area contributed by atoms with Gasteiger partial charge in [-0.05, 0) is 37.8 Å². The van der Waals surface area contributed by atoms with Crippen LogP contribution in [-0.2, 0) is 4.79 Å². The van der Waals surface area contributed by atoms with Gasteiger partial charge in [-0.15, -0.1) is 0 Å². The van der Waals surface area contributed by atoms with Crippen LogP contribution in [0.4, 0.5) is 0 Å². The number of thioether (sulfide) groups is 1. The number of ether oxygens (including phenoxy) is 1. The van der Waals surface area contributed by atoms with Crippen molar-refractivity contribution in [2.75, 3.05) is 19.5 Å². The molecule has 5 heteroatoms. The fraction of sp³-hybridized carbons (Fsp3) is 0.500. The van der Waals surface area contributed by atoms with Gasteiger partial charge in [0, 0.05) is 11.3 Å². The summed E-state index contributed by atoms with van der Waals surface area (Å²) in [6.45, 7) is 3.88. The number of carbonyl (C=O) groups is 1. The van der Waals surface area contributed by atoms with Crippen LogP contribution in [0.2, 0.25) is 0 Å². The van der Waals surface area contributed by atoms with Crippen molar-refractivity contribution in [3.63, 3.8) is 0 Å². The first kappa shape index (κ1) is 15.9. The zero-order valence-electron chi connectivity index (χ0n) is 11.6. The molecule has 106 valence electrons. The van der Waals surface area contributed by atoms with Gasteiger partial charge in [0.1, 0.15) is 5.75 Å². The van der Waals surface area contributed by atoms with E-state index in [0.29, 0.717) is 5.75 Å². The Morgan fingerprint density at radius 2 is 2.26 bits per heavy atom. The Hall–Kier alpha value is -1.20. The molecule has 0 spiro atoms. The van der Waals surface area contributed by atoms with Crippen molar-refractivity contribution in [1.82, 2.24) is 5.32 Å². The normalized spacial score (nSPS) is 13.7. The van der Waals surface area contributed by atoms with Gasteiger partial charge in [0.25, 0.3) is 5.91 Å². The van der Waals surface area contributed by atoms with Gasteiger partial charge in [-0.25, -0.2) is 0 Å². The third-order valence-corrected chi connectivity index (χ3v) is 3.95. The number of rotatable bonds is 7. The quantitative estimate of drug-likeness (QED) is 0.798. The highest BCUT2D eigenvalue weighted by molar-refractivity contribution is 7.99. The molecule has 0 heterocycles. The number of aliphatic hydroxyl groups excluding tert-OH is 1. The molecular formula is C14H21NO3S. The van der Waals surface area contributed by atoms with Crippen molar-refractivity contribution in [2.45, 2.75) is 25.1 Å². The Morgan fingerprint density at radius 1 is 1.53 bits per heavy atom. The number of aryl methyl sites for hydroxylation is 1. The summed E-state index contributed by atoms with van der Waals surface area (Å²) in [6.07, 6.45) is 1.91. The second-order valence-corrected chi connectivity index (χ2v) is 5.50. The Labute approximate surface area is 118 Å². The van der Waals surface area contributed by atoms with Crippen LogP contribution in [-0.4, -0.2) is 41.8 Å². The highest BCUT2D eigenvalue weighted by Crippen LogP contribution is 2.12. The van der Waals surface area contributed by atoms with E-state index in [1.807, 2.05) is 44.4 Å². The molecule has 1 aromatic carbocycles. The number of hydrogen-bond acceptors (Lipinski definition) is 4. The minimum atomic E-state index is -0.179. The van der Waals surface area contributed by atoms with E-state index >= 15 is 0 Å². The lowest BCUT2D eigenvalue weighted by Crippen LogP contribution is -2.43. The topological polar surface area (TPSA) is 58.6 Å². The second-order valence-electron chi connectivity index (χ2n) is 4.42. The van der Waals surface area contributed by atoms with Crippen molar-refractivity contribution >= 4 is 17.7 Å². The van der Waals surface area contributed by atoms with Crippen LogP contribution in [0.3, 0.4) is 0 Å². The van der Waals surface area contributed by atoms with Crippen LogP contribution < -0.4 is 10.1 Å². The molecule has 0 saturated carbocycles. The van der Waals surface area contributed by atoms with Crippen molar-refractivity contribution in [1.29, 1.82) is 0 Å². The molecule has 2 unspecified atom stereocenters. The van der Waals surface area contributed by atoms with Gasteiger partial charge in [0.15, 0.2) is 6.61 Å². The summed E-state index contributed by atoms with van der Waals surface area (Å²) in [6, 6.07) is 7.48. The molecule has 1 aromatic rings. The molecule has 0 bridgehead atoms. The maximum atomic E-state index is 11.7. The Bertz CT molecular complexity index is 407. The Kier molecular flexibility index (Phi) is 6.73. The largest absolute Gasteiger partial charge is 0.484 e. The third kappa shape index (κ3) is 5.53. The first-order chi connectivity index (χ1) is 9.06. The van der Waals surface area contributed by atoms with Gasteiger partial charge in [0.2, 0.25) is 0 Å². The SMILES string of the molecule is CSC(CO)C(C)NC(=O)COc1cccc(C)c1. The summed E-state index contributed by atoms with van der Waals surface area (Å²) in [4.78, 5) is 11.7. The molecular weight excluding hydrogens is 262 g/mol. The van der Waals surface area contributed by atoms with E-state index in [-0.39, 0.29) is 30.4 Å². The molecule has 0 aliphatic rings. The molecule has 1 rings (SSSR count). The minimum Gasteiger partial charge on any atom is -0.484 e. The van der Waals surface area contributed by atoms with Crippen molar-refractivity contribution in [3.8, 4) is 5.75 Å². The summed E-state index contributed by atoms with van der Waals surface area (Å²) in [5.41, 5.74) is 1.09. The molecule has 0 aliphatic carbocycles. The number of benzene rings is 1. The first-order valence-corrected chi connectivity index (χ1v) is 7.48. The van der Waals surface area contributed by atoms with Crippen molar-refractivity contribution < 1.29 is 14.6 Å². The second kappa shape index (κ2) is 8.07. The maximum absolute atomic E-state index is 11.7. The summed E-state index contributed by atoms with van der Waals surface area (Å²) in [5.74, 6) is 0.507. The molecule has 0 aromatic heterocycles. The number of amides is 1. The lowest BCUT2D eigenvalue weighted by atomic mass is 10.2. The van der Waals surface area contributed by atoms with Gasteiger partial charge in [-0.3, -0.25) is 4.79 Å². The number of carbonyl (C=O) groups excluding carboxylic acids is 1. The lowest BCUT2D eigenvalue weighted by molar-refractivity contribution is -0.123. The summed E-state index contributed by atoms with van der Waals surface area (Å²) in [7, 11) is 0. The van der Waals surface area contributed by atoms with E-state index in [1.54, 1.807) is 0 Å². The van der Waals surface area contributed by atoms with Crippen LogP contribution in [0.25, 0.3) is 0 Å². The fourth-order valence-electron chi connectivity index (χ4n) is 1.68. The van der Waals surface area contributed by atoms with Gasteiger partial charge in [-0.2, -0.15) is 11.8 Å². The Morgan fingerprint density at radius 3 is 2.84 bits per heavy atom. The zero-order valence-corrected chi connectivity index (χ0v) is 12.4. The standard InChI is InChI=1S/C14H21NO3S/c1-10-5-4-6-12(7-10)18-9-14(17)15-11(2)13(8-16)19-3/h4-7,11,13,16H,8-9H2,1-3H3,(H,15,17). The average Bonchev–Trinajstić information content (AvgIpc) is 2.38. The monoisotopic (exact) mass is 283 g/mol. The smallest absolute Gasteiger partial charge is 0.258 e. The third-order valence-electron chi connectivity index (χ3n) is 2.79. The maximum Gasteiger partial charge on any atom is 0.258 e. The summed E-state index contributed by atoms with van der Waals surface area (Å²) in [5, 5.41) is 12.0. The van der Waals surface area contributed by atoms with Crippen LogP contribution in [0, 0.1) is 6.92 Å². The van der Waals surface area contributed by atoms with Crippen molar-refractivity contribution in [2.24, 2.45) is 0 Å². The molecule has 0 aliphatic heterocycles. The van der Waals surface area contributed by atoms with E-state index in [1.165, 1.54) is 11.8 Å². The van der Waals surface area contributed by atoms with E-state index in [4.69, 9.17) is 9.84 Å². The minimum absolute atomic E-state index is 0.00270. The number of nitrogens with one attached hydrogen (secondary N) is 1. The van der Waals surface area contributed by atoms with Gasteiger partial charge in [0.05, 0.1) is 6.61 Å². The molecule has 19 heavy (non-hydrogen) atoms. The number of aliphatic hydroxyl groups is 1. The van der Waals surface area contributed by atoms with E-state index in [2.05, 4.69) is 5.32 Å². The fourth-order valence-corrected chi connectivity index (χ4v) is 2.30. The highest BCUT2D eigenvalue weighted by atomic mass is 32.2. The number of hydrogen-bond donors (Lipinski definition) is 2. The molecule has 4 nitrogen and oxygen atoms in total. The van der Waals surface area contributed by atoms with Gasteiger partial charge >= 0.3 is 0 Å². The van der Waals surface area contributed by atoms with Crippen LogP contribution in [0.1, 0.15) is 12.5 Å². The van der Waals surface area contributed by atoms with Crippen LogP contribution in [0.15, 0.2) is 24.3 Å². The highest BCUT2D eigenvalue weighted by Gasteiger charge is 2.17. The first-order valence-electron chi connectivity index (χ1n) is 6.19. The molecule has 0 saturated heterocycles. The van der Waals surface area contributed by atoms with E-state index in [9.17, 15) is 4.79 Å². The average molecular weight is 283 g/mol. The van der Waals surface area contributed by atoms with Crippen LogP contribution >= 0.6 is 11.8 Å². The predicted molar refractivity (Wildman–Crippen MR) is 78.7 cm³/mol. The lowest BCUT2D eigenvalue weighted by Gasteiger charge is -2.21. The molecule has 2 atom stereocenters. The van der Waals surface area contributed by atoms with Gasteiger partial charge in [-0.1, -0.05) is 12.1 Å². The van der Waals surface area contributed by atoms with Crippen LogP contribution in [0.5, 0.6) is 5.75 Å². The van der Waals surface area contributed by atoms with Gasteiger partial charge < -0.3 is 15.2 Å². The Balaban J connectivity index is 2.39. The molecule has 2 N–H and O–H groups in total.